The Labute approximate surface area is 146 Å². The molecule has 5 heteroatoms. The molecule has 23 heavy (non-hydrogen) atoms. The number of halogens is 1. The van der Waals surface area contributed by atoms with Gasteiger partial charge in [-0.05, 0) is 63.2 Å². The molecular weight excluding hydrogens is 310 g/mol. The van der Waals surface area contributed by atoms with E-state index in [1.807, 2.05) is 0 Å². The van der Waals surface area contributed by atoms with Crippen molar-refractivity contribution in [1.82, 2.24) is 15.5 Å². The number of amides is 1. The van der Waals surface area contributed by atoms with Gasteiger partial charge in [0.25, 0.3) is 0 Å². The van der Waals surface area contributed by atoms with Crippen molar-refractivity contribution in [2.45, 2.75) is 70.0 Å². The fraction of sp³-hybridized carbons (Fsp3) is 0.944. The number of nitrogens with one attached hydrogen (secondary N) is 2. The van der Waals surface area contributed by atoms with E-state index in [-0.39, 0.29) is 18.3 Å². The fourth-order valence-corrected chi connectivity index (χ4v) is 5.68. The van der Waals surface area contributed by atoms with Crippen LogP contribution in [0.5, 0.6) is 0 Å². The van der Waals surface area contributed by atoms with E-state index in [0.29, 0.717) is 24.7 Å². The molecule has 2 heterocycles. The van der Waals surface area contributed by atoms with Gasteiger partial charge in [-0.2, -0.15) is 0 Å². The molecule has 2 N–H and O–H groups in total. The molecule has 0 spiro atoms. The largest absolute Gasteiger partial charge is 0.352 e. The quantitative estimate of drug-likeness (QED) is 0.823. The fourth-order valence-electron chi connectivity index (χ4n) is 5.68. The minimum absolute atomic E-state index is 0. The van der Waals surface area contributed by atoms with Gasteiger partial charge in [0.05, 0.1) is 6.54 Å². The third kappa shape index (κ3) is 3.85. The molecule has 0 aromatic rings. The van der Waals surface area contributed by atoms with Crippen molar-refractivity contribution in [3.8, 4) is 0 Å². The highest BCUT2D eigenvalue weighted by Crippen LogP contribution is 2.49. The third-order valence-corrected chi connectivity index (χ3v) is 6.80. The maximum atomic E-state index is 12.4. The molecule has 2 saturated carbocycles. The first-order valence-corrected chi connectivity index (χ1v) is 9.45. The Morgan fingerprint density at radius 3 is 2.74 bits per heavy atom. The Morgan fingerprint density at radius 2 is 2.00 bits per heavy atom. The summed E-state index contributed by atoms with van der Waals surface area (Å²) in [6.07, 6.45) is 9.42. The van der Waals surface area contributed by atoms with E-state index >= 15 is 0 Å². The topological polar surface area (TPSA) is 44.4 Å². The van der Waals surface area contributed by atoms with Crippen molar-refractivity contribution in [3.05, 3.63) is 0 Å². The average molecular weight is 342 g/mol. The Kier molecular flexibility index (Phi) is 5.54. The molecule has 2 aliphatic carbocycles. The zero-order chi connectivity index (χ0) is 15.1. The van der Waals surface area contributed by atoms with E-state index in [0.717, 1.165) is 30.8 Å². The van der Waals surface area contributed by atoms with E-state index in [9.17, 15) is 4.79 Å². The molecule has 4 bridgehead atoms. The third-order valence-electron chi connectivity index (χ3n) is 6.80. The first-order chi connectivity index (χ1) is 10.7. The summed E-state index contributed by atoms with van der Waals surface area (Å²) in [4.78, 5) is 14.8. The van der Waals surface area contributed by atoms with Gasteiger partial charge in [-0.3, -0.25) is 9.69 Å². The van der Waals surface area contributed by atoms with Gasteiger partial charge in [0.1, 0.15) is 0 Å². The second kappa shape index (κ2) is 7.28. The van der Waals surface area contributed by atoms with Gasteiger partial charge < -0.3 is 10.6 Å². The molecule has 2 aliphatic heterocycles. The lowest BCUT2D eigenvalue weighted by Gasteiger charge is -2.30. The minimum Gasteiger partial charge on any atom is -0.352 e. The smallest absolute Gasteiger partial charge is 0.234 e. The van der Waals surface area contributed by atoms with Crippen LogP contribution in [-0.2, 0) is 4.79 Å². The molecule has 0 aromatic heterocycles. The highest BCUT2D eigenvalue weighted by molar-refractivity contribution is 5.85. The van der Waals surface area contributed by atoms with Gasteiger partial charge in [-0.25, -0.2) is 0 Å². The number of fused-ring (bicyclic) bond motifs is 4. The minimum atomic E-state index is 0. The summed E-state index contributed by atoms with van der Waals surface area (Å²) in [7, 11) is 0. The lowest BCUT2D eigenvalue weighted by molar-refractivity contribution is -0.123. The summed E-state index contributed by atoms with van der Waals surface area (Å²) < 4.78 is 0. The summed E-state index contributed by atoms with van der Waals surface area (Å²) in [6.45, 7) is 4.95. The Morgan fingerprint density at radius 1 is 1.17 bits per heavy atom. The first kappa shape index (κ1) is 17.5. The number of rotatable bonds is 4. The van der Waals surface area contributed by atoms with Gasteiger partial charge in [0.2, 0.25) is 5.91 Å². The summed E-state index contributed by atoms with van der Waals surface area (Å²) in [5.74, 6) is 2.83. The summed E-state index contributed by atoms with van der Waals surface area (Å²) in [5.41, 5.74) is 0. The summed E-state index contributed by atoms with van der Waals surface area (Å²) in [5, 5.41) is 7.00. The van der Waals surface area contributed by atoms with Crippen molar-refractivity contribution in [2.75, 3.05) is 19.6 Å². The lowest BCUT2D eigenvalue weighted by Crippen LogP contribution is -2.46. The van der Waals surface area contributed by atoms with Gasteiger partial charge in [-0.1, -0.05) is 6.42 Å². The van der Waals surface area contributed by atoms with Crippen molar-refractivity contribution in [2.24, 2.45) is 17.8 Å². The monoisotopic (exact) mass is 341 g/mol. The van der Waals surface area contributed by atoms with Crippen LogP contribution in [0.3, 0.4) is 0 Å². The first-order valence-electron chi connectivity index (χ1n) is 9.45. The Hall–Kier alpha value is -0.320. The summed E-state index contributed by atoms with van der Waals surface area (Å²) >= 11 is 0. The molecule has 6 atom stereocenters. The van der Waals surface area contributed by atoms with Crippen molar-refractivity contribution in [3.63, 3.8) is 0 Å². The van der Waals surface area contributed by atoms with Crippen LogP contribution in [0.15, 0.2) is 0 Å². The number of hydrogen-bond acceptors (Lipinski definition) is 3. The van der Waals surface area contributed by atoms with E-state index in [1.165, 1.54) is 44.9 Å². The lowest BCUT2D eigenvalue weighted by atomic mass is 9.84. The molecule has 4 nitrogen and oxygen atoms in total. The van der Waals surface area contributed by atoms with Crippen molar-refractivity contribution < 1.29 is 4.79 Å². The Bertz CT molecular complexity index is 426. The van der Waals surface area contributed by atoms with Crippen molar-refractivity contribution >= 4 is 18.3 Å². The highest BCUT2D eigenvalue weighted by atomic mass is 35.5. The normalized spacial score (nSPS) is 40.5. The molecule has 4 rings (SSSR count). The van der Waals surface area contributed by atoms with Crippen LogP contribution < -0.4 is 10.6 Å². The van der Waals surface area contributed by atoms with Crippen LogP contribution in [0.2, 0.25) is 0 Å². The SMILES string of the molecule is CC(NC(=O)CN1CCC2CCC(C1)N2)C1CC2CCC1C2.Cl. The molecular formula is C18H32ClN3O. The summed E-state index contributed by atoms with van der Waals surface area (Å²) in [6, 6.07) is 1.68. The van der Waals surface area contributed by atoms with E-state index < -0.39 is 0 Å². The number of hydrogen-bond donors (Lipinski definition) is 2. The molecule has 2 saturated heterocycles. The molecule has 0 radical (unpaired) electrons. The predicted molar refractivity (Wildman–Crippen MR) is 94.8 cm³/mol. The molecule has 1 amide bonds. The van der Waals surface area contributed by atoms with E-state index in [4.69, 9.17) is 0 Å². The molecule has 6 unspecified atom stereocenters. The van der Waals surface area contributed by atoms with E-state index in [2.05, 4.69) is 22.5 Å². The van der Waals surface area contributed by atoms with Gasteiger partial charge >= 0.3 is 0 Å². The Balaban J connectivity index is 0.00000156. The predicted octanol–water partition coefficient (Wildman–Crippen LogP) is 2.18. The standard InChI is InChI=1S/C18H31N3O.ClH/c1-12(17-9-13-2-3-14(17)8-13)19-18(22)11-21-7-6-15-4-5-16(10-21)20-15;/h12-17,20H,2-11H2,1H3,(H,19,22);1H. The number of nitrogens with zero attached hydrogens (tertiary/aromatic N) is 1. The van der Waals surface area contributed by atoms with E-state index in [1.54, 1.807) is 0 Å². The number of carbonyl (C=O) groups excluding carboxylic acids is 1. The zero-order valence-corrected chi connectivity index (χ0v) is 15.1. The van der Waals surface area contributed by atoms with Crippen LogP contribution in [0.25, 0.3) is 0 Å². The number of carbonyl (C=O) groups is 1. The highest BCUT2D eigenvalue weighted by Gasteiger charge is 2.42. The van der Waals surface area contributed by atoms with Gasteiger partial charge in [0, 0.05) is 31.2 Å². The molecule has 4 fully saturated rings. The second-order valence-electron chi connectivity index (χ2n) is 8.36. The maximum absolute atomic E-state index is 12.4. The van der Waals surface area contributed by atoms with Crippen LogP contribution in [0.1, 0.15) is 51.9 Å². The van der Waals surface area contributed by atoms with Crippen LogP contribution in [0, 0.1) is 17.8 Å². The average Bonchev–Trinajstić information content (AvgIpc) is 3.16. The number of likely N-dealkylation sites (tertiary alicyclic amines) is 1. The zero-order valence-electron chi connectivity index (χ0n) is 14.3. The molecule has 0 aromatic carbocycles. The second-order valence-corrected chi connectivity index (χ2v) is 8.36. The van der Waals surface area contributed by atoms with Gasteiger partial charge in [-0.15, -0.1) is 12.4 Å². The molecule has 132 valence electrons. The van der Waals surface area contributed by atoms with Crippen LogP contribution >= 0.6 is 12.4 Å². The maximum Gasteiger partial charge on any atom is 0.234 e. The molecule has 4 aliphatic rings. The van der Waals surface area contributed by atoms with Gasteiger partial charge in [0.15, 0.2) is 0 Å². The van der Waals surface area contributed by atoms with Crippen LogP contribution in [-0.4, -0.2) is 48.6 Å². The van der Waals surface area contributed by atoms with Crippen LogP contribution in [0.4, 0.5) is 0 Å². The van der Waals surface area contributed by atoms with Crippen molar-refractivity contribution in [1.29, 1.82) is 0 Å².